The second kappa shape index (κ2) is 3.83. The lowest BCUT2D eigenvalue weighted by Gasteiger charge is -2.07. The van der Waals surface area contributed by atoms with Crippen LogP contribution in [0.25, 0.3) is 10.9 Å². The van der Waals surface area contributed by atoms with E-state index in [0.717, 1.165) is 0 Å². The minimum Gasteiger partial charge on any atom is -0.349 e. The van der Waals surface area contributed by atoms with Crippen molar-refractivity contribution in [1.82, 2.24) is 4.57 Å². The van der Waals surface area contributed by atoms with Gasteiger partial charge in [-0.15, -0.1) is 0 Å². The van der Waals surface area contributed by atoms with Crippen molar-refractivity contribution in [3.8, 4) is 0 Å². The van der Waals surface area contributed by atoms with Crippen LogP contribution in [0.15, 0.2) is 34.1 Å². The topological polar surface area (TPSA) is 39.1 Å². The van der Waals surface area contributed by atoms with E-state index in [1.165, 1.54) is 30.7 Å². The maximum atomic E-state index is 13.0. The number of nitrogens with zero attached hydrogens (tertiary/aromatic N) is 1. The monoisotopic (exact) mass is 239 g/mol. The first-order chi connectivity index (χ1) is 7.50. The van der Waals surface area contributed by atoms with Crippen LogP contribution in [0.1, 0.15) is 0 Å². The first-order valence-electron chi connectivity index (χ1n) is 4.63. The molecule has 2 aromatic rings. The van der Waals surface area contributed by atoms with Gasteiger partial charge in [-0.2, -0.15) is 0 Å². The third kappa shape index (κ3) is 1.67. The number of aromatic nitrogens is 1. The Kier molecular flexibility index (Phi) is 2.63. The highest BCUT2D eigenvalue weighted by molar-refractivity contribution is 7.84. The van der Waals surface area contributed by atoms with E-state index in [9.17, 15) is 13.4 Å². The maximum absolute atomic E-state index is 13.0. The largest absolute Gasteiger partial charge is 0.349 e. The quantitative estimate of drug-likeness (QED) is 0.755. The van der Waals surface area contributed by atoms with Crippen molar-refractivity contribution in [2.24, 2.45) is 7.05 Å². The number of hydrogen-bond donors (Lipinski definition) is 0. The molecule has 5 heteroatoms. The molecule has 0 saturated carbocycles. The maximum Gasteiger partial charge on any atom is 0.205 e. The molecule has 1 heterocycles. The molecule has 3 nitrogen and oxygen atoms in total. The summed E-state index contributed by atoms with van der Waals surface area (Å²) in [6.07, 6.45) is 2.94. The van der Waals surface area contributed by atoms with Crippen LogP contribution in [0.4, 0.5) is 4.39 Å². The van der Waals surface area contributed by atoms with Crippen LogP contribution in [0, 0.1) is 5.82 Å². The van der Waals surface area contributed by atoms with E-state index in [-0.39, 0.29) is 10.3 Å². The zero-order chi connectivity index (χ0) is 11.9. The summed E-state index contributed by atoms with van der Waals surface area (Å²) in [6, 6.07) is 3.94. The minimum absolute atomic E-state index is 0.238. The van der Waals surface area contributed by atoms with Crippen LogP contribution >= 0.6 is 0 Å². The van der Waals surface area contributed by atoms with Gasteiger partial charge in [-0.25, -0.2) is 4.39 Å². The van der Waals surface area contributed by atoms with Crippen LogP contribution < -0.4 is 5.43 Å². The number of rotatable bonds is 1. The van der Waals surface area contributed by atoms with E-state index in [0.29, 0.717) is 10.9 Å². The molecular formula is C11H10FNO2S. The van der Waals surface area contributed by atoms with Crippen molar-refractivity contribution >= 4 is 21.7 Å². The third-order valence-electron chi connectivity index (χ3n) is 2.43. The molecule has 2 rings (SSSR count). The average Bonchev–Trinajstić information content (AvgIpc) is 2.22. The van der Waals surface area contributed by atoms with Gasteiger partial charge in [0.05, 0.1) is 16.3 Å². The average molecular weight is 239 g/mol. The molecule has 1 aromatic carbocycles. The zero-order valence-electron chi connectivity index (χ0n) is 8.86. The molecule has 0 spiro atoms. The van der Waals surface area contributed by atoms with Gasteiger partial charge in [0.15, 0.2) is 0 Å². The lowest BCUT2D eigenvalue weighted by atomic mass is 10.2. The second-order valence-electron chi connectivity index (χ2n) is 3.55. The third-order valence-corrected chi connectivity index (χ3v) is 3.34. The van der Waals surface area contributed by atoms with E-state index >= 15 is 0 Å². The van der Waals surface area contributed by atoms with Gasteiger partial charge in [-0.1, -0.05) is 0 Å². The Morgan fingerprint density at radius 3 is 2.69 bits per heavy atom. The Morgan fingerprint density at radius 1 is 1.38 bits per heavy atom. The molecule has 0 bridgehead atoms. The SMILES string of the molecule is Cn1cc([S@](C)=O)c(=O)c2ccc(F)cc21. The fraction of sp³-hybridized carbons (Fsp3) is 0.182. The number of pyridine rings is 1. The number of aryl methyl sites for hydroxylation is 1. The molecular weight excluding hydrogens is 229 g/mol. The molecule has 0 radical (unpaired) electrons. The highest BCUT2D eigenvalue weighted by Gasteiger charge is 2.10. The minimum atomic E-state index is -1.34. The van der Waals surface area contributed by atoms with Crippen LogP contribution in [0.2, 0.25) is 0 Å². The van der Waals surface area contributed by atoms with Crippen LogP contribution in [-0.4, -0.2) is 15.0 Å². The molecule has 0 N–H and O–H groups in total. The van der Waals surface area contributed by atoms with Gasteiger partial charge in [-0.3, -0.25) is 9.00 Å². The number of hydrogen-bond acceptors (Lipinski definition) is 2. The van der Waals surface area contributed by atoms with Crippen molar-refractivity contribution < 1.29 is 8.60 Å². The van der Waals surface area contributed by atoms with Gasteiger partial charge < -0.3 is 4.57 Å². The number of benzene rings is 1. The van der Waals surface area contributed by atoms with E-state index in [2.05, 4.69) is 0 Å². The predicted octanol–water partition coefficient (Wildman–Crippen LogP) is 1.42. The summed E-state index contributed by atoms with van der Waals surface area (Å²) in [5, 5.41) is 0.386. The van der Waals surface area contributed by atoms with Gasteiger partial charge in [0.1, 0.15) is 10.7 Å². The van der Waals surface area contributed by atoms with E-state index in [1.54, 1.807) is 11.6 Å². The Hall–Kier alpha value is -1.49. The highest BCUT2D eigenvalue weighted by Crippen LogP contribution is 2.13. The van der Waals surface area contributed by atoms with Crippen molar-refractivity contribution in [3.63, 3.8) is 0 Å². The van der Waals surface area contributed by atoms with E-state index in [4.69, 9.17) is 0 Å². The van der Waals surface area contributed by atoms with Gasteiger partial charge in [0, 0.05) is 24.9 Å². The second-order valence-corrected chi connectivity index (χ2v) is 4.90. The van der Waals surface area contributed by atoms with Gasteiger partial charge >= 0.3 is 0 Å². The van der Waals surface area contributed by atoms with Crippen LogP contribution in [0.3, 0.4) is 0 Å². The Morgan fingerprint density at radius 2 is 2.06 bits per heavy atom. The summed E-state index contributed by atoms with van der Waals surface area (Å²) < 4.78 is 26.0. The molecule has 1 atom stereocenters. The number of fused-ring (bicyclic) bond motifs is 1. The summed E-state index contributed by atoms with van der Waals surface area (Å²) in [5.41, 5.74) is 0.202. The van der Waals surface area contributed by atoms with Gasteiger partial charge in [0.2, 0.25) is 5.43 Å². The number of halogens is 1. The molecule has 0 fully saturated rings. The van der Waals surface area contributed by atoms with Crippen molar-refractivity contribution in [2.75, 3.05) is 6.26 Å². The van der Waals surface area contributed by atoms with Crippen molar-refractivity contribution in [2.45, 2.75) is 4.90 Å². The van der Waals surface area contributed by atoms with Crippen LogP contribution in [0.5, 0.6) is 0 Å². The fourth-order valence-electron chi connectivity index (χ4n) is 1.63. The van der Waals surface area contributed by atoms with Crippen molar-refractivity contribution in [3.05, 3.63) is 40.4 Å². The molecule has 0 amide bonds. The molecule has 0 unspecified atom stereocenters. The molecule has 0 aliphatic heterocycles. The van der Waals surface area contributed by atoms with E-state index < -0.39 is 16.6 Å². The van der Waals surface area contributed by atoms with Gasteiger partial charge in [0.25, 0.3) is 0 Å². The van der Waals surface area contributed by atoms with Gasteiger partial charge in [-0.05, 0) is 18.2 Å². The molecule has 0 aliphatic rings. The molecule has 0 saturated heterocycles. The summed E-state index contributed by atoms with van der Waals surface area (Å²) in [4.78, 5) is 12.1. The first kappa shape index (κ1) is 11.0. The summed E-state index contributed by atoms with van der Waals surface area (Å²) in [5.74, 6) is -0.395. The lowest BCUT2D eigenvalue weighted by Crippen LogP contribution is -2.14. The molecule has 0 aliphatic carbocycles. The smallest absolute Gasteiger partial charge is 0.205 e. The first-order valence-corrected chi connectivity index (χ1v) is 6.19. The molecule has 84 valence electrons. The normalized spacial score (nSPS) is 12.9. The summed E-state index contributed by atoms with van der Waals surface area (Å²) >= 11 is 0. The molecule has 1 aromatic heterocycles. The Labute approximate surface area is 94.0 Å². The molecule has 16 heavy (non-hydrogen) atoms. The lowest BCUT2D eigenvalue weighted by molar-refractivity contribution is 0.628. The van der Waals surface area contributed by atoms with E-state index in [1.807, 2.05) is 0 Å². The zero-order valence-corrected chi connectivity index (χ0v) is 9.68. The Balaban J connectivity index is 2.96. The summed E-state index contributed by atoms with van der Waals surface area (Å²) in [7, 11) is 0.353. The Bertz CT molecular complexity index is 648. The highest BCUT2D eigenvalue weighted by atomic mass is 32.2. The predicted molar refractivity (Wildman–Crippen MR) is 61.5 cm³/mol. The standard InChI is InChI=1S/C11H10FNO2S/c1-13-6-10(16(2)15)11(14)8-4-3-7(12)5-9(8)13/h3-6H,1-2H3/t16-/m0/s1. The van der Waals surface area contributed by atoms with Crippen molar-refractivity contribution in [1.29, 1.82) is 0 Å². The fourth-order valence-corrected chi connectivity index (χ4v) is 2.31. The van der Waals surface area contributed by atoms with Crippen LogP contribution in [-0.2, 0) is 17.8 Å². The summed E-state index contributed by atoms with van der Waals surface area (Å²) in [6.45, 7) is 0.